The van der Waals surface area contributed by atoms with Gasteiger partial charge < -0.3 is 4.74 Å². The van der Waals surface area contributed by atoms with Crippen LogP contribution in [0.4, 0.5) is 0 Å². The first-order valence-corrected chi connectivity index (χ1v) is 18.5. The summed E-state index contributed by atoms with van der Waals surface area (Å²) in [6.07, 6.45) is 2.24. The molecule has 3 nitrogen and oxygen atoms in total. The summed E-state index contributed by atoms with van der Waals surface area (Å²) < 4.78 is 9.17. The summed E-state index contributed by atoms with van der Waals surface area (Å²) >= 11 is 1.77. The summed E-state index contributed by atoms with van der Waals surface area (Å²) in [6.45, 7) is 0. The lowest BCUT2D eigenvalue weighted by molar-refractivity contribution is 0.223. The Morgan fingerprint density at radius 3 is 2.17 bits per heavy atom. The van der Waals surface area contributed by atoms with Crippen LogP contribution in [0.1, 0.15) is 34.5 Å². The van der Waals surface area contributed by atoms with Crippen molar-refractivity contribution in [3.05, 3.63) is 192 Å². The normalized spacial score (nSPS) is 16.0. The van der Waals surface area contributed by atoms with Gasteiger partial charge in [-0.15, -0.1) is 11.3 Å². The maximum atomic E-state index is 6.84. The van der Waals surface area contributed by atoms with E-state index < -0.39 is 0 Å². The van der Waals surface area contributed by atoms with Crippen LogP contribution in [0.25, 0.3) is 70.2 Å². The van der Waals surface area contributed by atoms with E-state index in [1.165, 1.54) is 48.9 Å². The molecule has 2 atom stereocenters. The van der Waals surface area contributed by atoms with Crippen molar-refractivity contribution in [2.24, 2.45) is 0 Å². The first kappa shape index (κ1) is 29.4. The SMILES string of the molecule is C1=C(c2nc(-c3ccccc3)c3sc4ccccc4c3n2)c2ccccc2C2Oc3cccc(-c4ccc(-c5ccc6ccccc6c5)cc4)c3C12. The van der Waals surface area contributed by atoms with Crippen molar-refractivity contribution in [2.45, 2.75) is 12.0 Å². The van der Waals surface area contributed by atoms with Crippen molar-refractivity contribution in [2.75, 3.05) is 0 Å². The number of ether oxygens (including phenoxy) is 1. The molecular formula is C48H30N2OS. The Balaban J connectivity index is 1.06. The molecule has 2 aliphatic rings. The van der Waals surface area contributed by atoms with Gasteiger partial charge in [-0.1, -0.05) is 152 Å². The second-order valence-electron chi connectivity index (χ2n) is 13.6. The predicted octanol–water partition coefficient (Wildman–Crippen LogP) is 12.7. The Hall–Kier alpha value is -6.36. The third kappa shape index (κ3) is 4.58. The average molecular weight is 683 g/mol. The van der Waals surface area contributed by atoms with Crippen LogP contribution < -0.4 is 4.74 Å². The minimum absolute atomic E-state index is 0.00467. The molecule has 0 saturated carbocycles. The molecule has 11 rings (SSSR count). The fraction of sp³-hybridized carbons (Fsp3) is 0.0417. The number of fused-ring (bicyclic) bond motifs is 9. The van der Waals surface area contributed by atoms with Gasteiger partial charge in [-0.05, 0) is 56.8 Å². The molecule has 4 heteroatoms. The van der Waals surface area contributed by atoms with Crippen molar-refractivity contribution in [1.82, 2.24) is 9.97 Å². The van der Waals surface area contributed by atoms with Gasteiger partial charge in [-0.2, -0.15) is 0 Å². The highest BCUT2D eigenvalue weighted by atomic mass is 32.1. The van der Waals surface area contributed by atoms with E-state index in [-0.39, 0.29) is 12.0 Å². The lowest BCUT2D eigenvalue weighted by atomic mass is 9.78. The molecule has 0 spiro atoms. The van der Waals surface area contributed by atoms with E-state index in [1.807, 2.05) is 0 Å². The molecule has 0 fully saturated rings. The van der Waals surface area contributed by atoms with E-state index in [4.69, 9.17) is 14.7 Å². The molecule has 52 heavy (non-hydrogen) atoms. The zero-order chi connectivity index (χ0) is 34.2. The summed E-state index contributed by atoms with van der Waals surface area (Å²) in [4.78, 5) is 10.8. The Morgan fingerprint density at radius 2 is 1.27 bits per heavy atom. The van der Waals surface area contributed by atoms with Crippen LogP contribution in [0.3, 0.4) is 0 Å². The van der Waals surface area contributed by atoms with Crippen molar-refractivity contribution in [3.63, 3.8) is 0 Å². The summed E-state index contributed by atoms with van der Waals surface area (Å²) in [5.41, 5.74) is 12.4. The second kappa shape index (κ2) is 11.6. The van der Waals surface area contributed by atoms with E-state index in [0.29, 0.717) is 0 Å². The first-order valence-electron chi connectivity index (χ1n) is 17.7. The molecule has 7 aromatic carbocycles. The van der Waals surface area contributed by atoms with Crippen LogP contribution in [-0.2, 0) is 0 Å². The number of aromatic nitrogens is 2. The van der Waals surface area contributed by atoms with Gasteiger partial charge in [0.05, 0.1) is 15.9 Å². The second-order valence-corrected chi connectivity index (χ2v) is 14.7. The van der Waals surface area contributed by atoms with Crippen LogP contribution in [-0.4, -0.2) is 9.97 Å². The molecule has 0 radical (unpaired) electrons. The zero-order valence-corrected chi connectivity index (χ0v) is 28.8. The van der Waals surface area contributed by atoms with Gasteiger partial charge in [0.2, 0.25) is 0 Å². The quantitative estimate of drug-likeness (QED) is 0.185. The summed E-state index contributed by atoms with van der Waals surface area (Å²) in [5.74, 6) is 1.67. The van der Waals surface area contributed by atoms with Crippen molar-refractivity contribution in [1.29, 1.82) is 0 Å². The molecule has 244 valence electrons. The highest BCUT2D eigenvalue weighted by Gasteiger charge is 2.41. The third-order valence-corrected chi connectivity index (χ3v) is 11.8. The van der Waals surface area contributed by atoms with Gasteiger partial charge >= 0.3 is 0 Å². The number of hydrogen-bond acceptors (Lipinski definition) is 4. The number of nitrogens with zero attached hydrogens (tertiary/aromatic N) is 2. The van der Waals surface area contributed by atoms with Gasteiger partial charge in [-0.3, -0.25) is 0 Å². The lowest BCUT2D eigenvalue weighted by Gasteiger charge is -2.27. The van der Waals surface area contributed by atoms with Gasteiger partial charge in [0.15, 0.2) is 5.82 Å². The summed E-state index contributed by atoms with van der Waals surface area (Å²) in [7, 11) is 0. The molecule has 0 saturated heterocycles. The van der Waals surface area contributed by atoms with E-state index in [0.717, 1.165) is 49.6 Å². The van der Waals surface area contributed by atoms with Gasteiger partial charge in [0.25, 0.3) is 0 Å². The fourth-order valence-electron chi connectivity index (χ4n) is 8.20. The fourth-order valence-corrected chi connectivity index (χ4v) is 9.35. The minimum Gasteiger partial charge on any atom is -0.484 e. The molecule has 2 unspecified atom stereocenters. The Morgan fingerprint density at radius 1 is 0.538 bits per heavy atom. The molecular weight excluding hydrogens is 653 g/mol. The number of rotatable bonds is 4. The van der Waals surface area contributed by atoms with Gasteiger partial charge in [0, 0.05) is 38.3 Å². The molecule has 0 bridgehead atoms. The Bertz CT molecular complexity index is 2890. The van der Waals surface area contributed by atoms with Crippen LogP contribution in [0, 0.1) is 0 Å². The topological polar surface area (TPSA) is 35.0 Å². The van der Waals surface area contributed by atoms with Gasteiger partial charge in [-0.25, -0.2) is 9.97 Å². The maximum absolute atomic E-state index is 6.84. The van der Waals surface area contributed by atoms with Crippen molar-refractivity contribution >= 4 is 48.0 Å². The average Bonchev–Trinajstić information content (AvgIpc) is 3.79. The number of hydrogen-bond donors (Lipinski definition) is 0. The van der Waals surface area contributed by atoms with E-state index in [9.17, 15) is 0 Å². The molecule has 1 aliphatic heterocycles. The summed E-state index contributed by atoms with van der Waals surface area (Å²) in [5, 5.41) is 3.67. The van der Waals surface area contributed by atoms with E-state index >= 15 is 0 Å². The third-order valence-electron chi connectivity index (χ3n) is 10.7. The zero-order valence-electron chi connectivity index (χ0n) is 28.0. The monoisotopic (exact) mass is 682 g/mol. The molecule has 2 aromatic heterocycles. The van der Waals surface area contributed by atoms with Crippen LogP contribution in [0.5, 0.6) is 5.75 Å². The lowest BCUT2D eigenvalue weighted by Crippen LogP contribution is -2.17. The maximum Gasteiger partial charge on any atom is 0.160 e. The predicted molar refractivity (Wildman–Crippen MR) is 215 cm³/mol. The number of thiophene rings is 1. The number of benzene rings is 7. The highest BCUT2D eigenvalue weighted by Crippen LogP contribution is 2.55. The minimum atomic E-state index is -0.132. The van der Waals surface area contributed by atoms with E-state index in [1.54, 1.807) is 11.3 Å². The van der Waals surface area contributed by atoms with Crippen LogP contribution in [0.15, 0.2) is 170 Å². The smallest absolute Gasteiger partial charge is 0.160 e. The molecule has 0 N–H and O–H groups in total. The summed E-state index contributed by atoms with van der Waals surface area (Å²) in [6, 6.07) is 58.3. The highest BCUT2D eigenvalue weighted by molar-refractivity contribution is 7.26. The van der Waals surface area contributed by atoms with Crippen molar-refractivity contribution < 1.29 is 4.74 Å². The molecule has 9 aromatic rings. The van der Waals surface area contributed by atoms with E-state index in [2.05, 4.69) is 170 Å². The molecule has 3 heterocycles. The first-order chi connectivity index (χ1) is 25.8. The largest absolute Gasteiger partial charge is 0.484 e. The Kier molecular flexibility index (Phi) is 6.55. The Labute approximate surface area is 305 Å². The van der Waals surface area contributed by atoms with Crippen molar-refractivity contribution in [3.8, 4) is 39.3 Å². The molecule has 0 amide bonds. The van der Waals surface area contributed by atoms with Crippen LogP contribution in [0.2, 0.25) is 0 Å². The molecule has 1 aliphatic carbocycles. The van der Waals surface area contributed by atoms with Crippen LogP contribution >= 0.6 is 11.3 Å². The van der Waals surface area contributed by atoms with Gasteiger partial charge in [0.1, 0.15) is 11.9 Å². The standard InChI is InChI=1S/C48H30N2OS/c1-2-12-32(13-3-1)44-47-45(38-17-8-9-20-42(38)52-47)50-48(49-44)39-28-40-43-35(18-10-19-41(43)51-46(40)37-16-7-6-15-36(37)39)31-24-21-30(22-25-31)34-26-23-29-11-4-5-14-33(29)27-34/h1-28,40,46H.